The molecular formula is C13H10OS. The zero-order valence-electron chi connectivity index (χ0n) is 8.14. The molecule has 0 fully saturated rings. The topological polar surface area (TPSA) is 9.23 Å². The van der Waals surface area contributed by atoms with Crippen LogP contribution in [0.15, 0.2) is 48.5 Å². The van der Waals surface area contributed by atoms with Crippen molar-refractivity contribution in [2.24, 2.45) is 0 Å². The maximum Gasteiger partial charge on any atom is 0.145 e. The molecule has 0 saturated heterocycles. The Kier molecular flexibility index (Phi) is 2.14. The van der Waals surface area contributed by atoms with Gasteiger partial charge in [-0.05, 0) is 17.2 Å². The van der Waals surface area contributed by atoms with E-state index in [-0.39, 0.29) is 0 Å². The quantitative estimate of drug-likeness (QED) is 0.615. The Balaban J connectivity index is 2.27. The van der Waals surface area contributed by atoms with Crippen molar-refractivity contribution in [3.05, 3.63) is 54.1 Å². The molecular weight excluding hydrogens is 204 g/mol. The first-order chi connectivity index (χ1) is 7.45. The number of benzene rings is 2. The van der Waals surface area contributed by atoms with Crippen LogP contribution < -0.4 is 4.18 Å². The van der Waals surface area contributed by atoms with Gasteiger partial charge in [0.25, 0.3) is 0 Å². The smallest absolute Gasteiger partial charge is 0.145 e. The van der Waals surface area contributed by atoms with Gasteiger partial charge < -0.3 is 4.18 Å². The van der Waals surface area contributed by atoms with Gasteiger partial charge in [0.2, 0.25) is 0 Å². The number of fused-ring (bicyclic) bond motifs is 3. The van der Waals surface area contributed by atoms with Crippen LogP contribution in [0, 0.1) is 0 Å². The normalized spacial score (nSPS) is 13.3. The van der Waals surface area contributed by atoms with E-state index in [1.165, 1.54) is 28.7 Å². The summed E-state index contributed by atoms with van der Waals surface area (Å²) in [6.07, 6.45) is 0. The van der Waals surface area contributed by atoms with Crippen molar-refractivity contribution in [1.29, 1.82) is 0 Å². The molecule has 0 saturated carbocycles. The molecule has 74 valence electrons. The van der Waals surface area contributed by atoms with Crippen LogP contribution in [-0.4, -0.2) is 0 Å². The van der Waals surface area contributed by atoms with Gasteiger partial charge in [0, 0.05) is 5.56 Å². The highest BCUT2D eigenvalue weighted by atomic mass is 32.2. The summed E-state index contributed by atoms with van der Waals surface area (Å²) in [5.74, 6) is 1.87. The minimum absolute atomic E-state index is 0.908. The van der Waals surface area contributed by atoms with E-state index in [1.807, 2.05) is 12.1 Å². The maximum absolute atomic E-state index is 5.65. The summed E-state index contributed by atoms with van der Waals surface area (Å²) in [5.41, 5.74) is 3.82. The van der Waals surface area contributed by atoms with Crippen molar-refractivity contribution in [1.82, 2.24) is 0 Å². The Bertz CT molecular complexity index is 448. The summed E-state index contributed by atoms with van der Waals surface area (Å²) in [6, 6.07) is 16.7. The van der Waals surface area contributed by atoms with Crippen LogP contribution >= 0.6 is 12.0 Å². The van der Waals surface area contributed by atoms with Crippen LogP contribution in [0.2, 0.25) is 0 Å². The number of hydrogen-bond acceptors (Lipinski definition) is 2. The molecule has 0 amide bonds. The first kappa shape index (κ1) is 8.86. The van der Waals surface area contributed by atoms with E-state index in [0.29, 0.717) is 0 Å². The van der Waals surface area contributed by atoms with Gasteiger partial charge >= 0.3 is 0 Å². The second-order valence-corrected chi connectivity index (χ2v) is 4.19. The Labute approximate surface area is 93.3 Å². The van der Waals surface area contributed by atoms with E-state index in [0.717, 1.165) is 11.5 Å². The molecule has 2 aromatic rings. The molecule has 1 aliphatic rings. The van der Waals surface area contributed by atoms with Gasteiger partial charge in [0.15, 0.2) is 0 Å². The summed E-state index contributed by atoms with van der Waals surface area (Å²) < 4.78 is 5.65. The summed E-state index contributed by atoms with van der Waals surface area (Å²) in [4.78, 5) is 0. The predicted molar refractivity (Wildman–Crippen MR) is 63.8 cm³/mol. The first-order valence-corrected chi connectivity index (χ1v) is 5.83. The number of rotatable bonds is 0. The highest BCUT2D eigenvalue weighted by Gasteiger charge is 2.14. The summed E-state index contributed by atoms with van der Waals surface area (Å²) in [7, 11) is 0. The molecule has 1 heterocycles. The van der Waals surface area contributed by atoms with E-state index >= 15 is 0 Å². The monoisotopic (exact) mass is 214 g/mol. The van der Waals surface area contributed by atoms with Crippen LogP contribution in [0.3, 0.4) is 0 Å². The second-order valence-electron chi connectivity index (χ2n) is 3.50. The molecule has 0 bridgehead atoms. The van der Waals surface area contributed by atoms with Crippen molar-refractivity contribution in [2.75, 3.05) is 0 Å². The van der Waals surface area contributed by atoms with Crippen molar-refractivity contribution in [3.8, 4) is 16.9 Å². The lowest BCUT2D eigenvalue weighted by molar-refractivity contribution is 0.650. The lowest BCUT2D eigenvalue weighted by Gasteiger charge is -2.06. The van der Waals surface area contributed by atoms with Gasteiger partial charge in [-0.25, -0.2) is 0 Å². The Hall–Kier alpha value is -1.41. The molecule has 0 radical (unpaired) electrons. The average molecular weight is 214 g/mol. The zero-order chi connectivity index (χ0) is 10.1. The van der Waals surface area contributed by atoms with Crippen LogP contribution in [0.25, 0.3) is 11.1 Å². The molecule has 3 rings (SSSR count). The third kappa shape index (κ3) is 1.51. The van der Waals surface area contributed by atoms with Crippen molar-refractivity contribution in [2.45, 2.75) is 5.75 Å². The number of hydrogen-bond donors (Lipinski definition) is 0. The Morgan fingerprint density at radius 2 is 1.60 bits per heavy atom. The van der Waals surface area contributed by atoms with E-state index in [4.69, 9.17) is 4.18 Å². The Morgan fingerprint density at radius 3 is 2.53 bits per heavy atom. The fourth-order valence-electron chi connectivity index (χ4n) is 1.83. The zero-order valence-corrected chi connectivity index (χ0v) is 8.96. The van der Waals surface area contributed by atoms with Gasteiger partial charge in [-0.15, -0.1) is 0 Å². The van der Waals surface area contributed by atoms with Crippen LogP contribution in [0.4, 0.5) is 0 Å². The molecule has 1 nitrogen and oxygen atoms in total. The molecule has 0 atom stereocenters. The van der Waals surface area contributed by atoms with Crippen molar-refractivity contribution < 1.29 is 4.18 Å². The molecule has 0 spiro atoms. The van der Waals surface area contributed by atoms with E-state index < -0.39 is 0 Å². The van der Waals surface area contributed by atoms with E-state index in [9.17, 15) is 0 Å². The third-order valence-corrected chi connectivity index (χ3v) is 3.28. The standard InChI is InChI=1S/C13H10OS/c1-2-6-11-10(5-1)9-15-14-13-8-4-3-7-12(11)13/h1-8H,9H2. The fourth-order valence-corrected chi connectivity index (χ4v) is 2.54. The summed E-state index contributed by atoms with van der Waals surface area (Å²) >= 11 is 1.50. The predicted octanol–water partition coefficient (Wildman–Crippen LogP) is 3.89. The van der Waals surface area contributed by atoms with Crippen LogP contribution in [-0.2, 0) is 5.75 Å². The number of para-hydroxylation sites is 1. The van der Waals surface area contributed by atoms with Gasteiger partial charge in [0.05, 0.1) is 17.8 Å². The van der Waals surface area contributed by atoms with Crippen LogP contribution in [0.5, 0.6) is 5.75 Å². The van der Waals surface area contributed by atoms with Crippen LogP contribution in [0.1, 0.15) is 5.56 Å². The molecule has 0 N–H and O–H groups in total. The Morgan fingerprint density at radius 1 is 0.867 bits per heavy atom. The van der Waals surface area contributed by atoms with Gasteiger partial charge in [-0.1, -0.05) is 42.5 Å². The molecule has 15 heavy (non-hydrogen) atoms. The summed E-state index contributed by atoms with van der Waals surface area (Å²) in [5, 5.41) is 0. The average Bonchev–Trinajstić information content (AvgIpc) is 2.48. The molecule has 0 aromatic heterocycles. The molecule has 0 unspecified atom stereocenters. The minimum Gasteiger partial charge on any atom is -0.425 e. The molecule has 0 aliphatic carbocycles. The van der Waals surface area contributed by atoms with Gasteiger partial charge in [-0.3, -0.25) is 0 Å². The third-order valence-electron chi connectivity index (χ3n) is 2.56. The second kappa shape index (κ2) is 3.63. The highest BCUT2D eigenvalue weighted by Crippen LogP contribution is 2.38. The first-order valence-electron chi connectivity index (χ1n) is 4.92. The lowest BCUT2D eigenvalue weighted by atomic mass is 10.00. The highest BCUT2D eigenvalue weighted by molar-refractivity contribution is 7.94. The van der Waals surface area contributed by atoms with E-state index in [2.05, 4.69) is 36.4 Å². The largest absolute Gasteiger partial charge is 0.425 e. The molecule has 2 aromatic carbocycles. The fraction of sp³-hybridized carbons (Fsp3) is 0.0769. The maximum atomic E-state index is 5.65. The summed E-state index contributed by atoms with van der Waals surface area (Å²) in [6.45, 7) is 0. The van der Waals surface area contributed by atoms with Crippen molar-refractivity contribution in [3.63, 3.8) is 0 Å². The van der Waals surface area contributed by atoms with Gasteiger partial charge in [0.1, 0.15) is 5.75 Å². The van der Waals surface area contributed by atoms with Crippen molar-refractivity contribution >= 4 is 12.0 Å². The van der Waals surface area contributed by atoms with Gasteiger partial charge in [-0.2, -0.15) is 0 Å². The molecule has 2 heteroatoms. The SMILES string of the molecule is c1ccc2c(c1)CSOc1ccccc1-2. The minimum atomic E-state index is 0.908. The van der Waals surface area contributed by atoms with E-state index in [1.54, 1.807) is 0 Å². The lowest BCUT2D eigenvalue weighted by Crippen LogP contribution is -1.83. The molecule has 1 aliphatic heterocycles.